The Kier molecular flexibility index (Phi) is 2.87. The van der Waals surface area contributed by atoms with Gasteiger partial charge in [0.25, 0.3) is 0 Å². The average molecular weight is 158 g/mol. The van der Waals surface area contributed by atoms with Gasteiger partial charge in [0.15, 0.2) is 0 Å². The quantitative estimate of drug-likeness (QED) is 0.574. The first-order valence-corrected chi connectivity index (χ1v) is 4.28. The molecule has 1 fully saturated rings. The van der Waals surface area contributed by atoms with E-state index < -0.39 is 0 Å². The van der Waals surface area contributed by atoms with Crippen LogP contribution in [0.1, 0.15) is 26.7 Å². The Morgan fingerprint density at radius 3 is 2.55 bits per heavy atom. The van der Waals surface area contributed by atoms with Gasteiger partial charge in [-0.15, -0.1) is 0 Å². The molecule has 1 rings (SSSR count). The standard InChI is InChI=1S/C8H18N2O/c1-5(9)8-4-3-7(10)6(2)11-8/h5-8H,3-4,9-10H2,1-2H3/t5?,6-,7?,8?/m1/s1. The van der Waals surface area contributed by atoms with Crippen LogP contribution in [0, 0.1) is 0 Å². The third kappa shape index (κ3) is 2.15. The zero-order valence-electron chi connectivity index (χ0n) is 7.29. The number of rotatable bonds is 1. The van der Waals surface area contributed by atoms with Crippen molar-refractivity contribution >= 4 is 0 Å². The first kappa shape index (κ1) is 8.97. The Labute approximate surface area is 68.1 Å². The summed E-state index contributed by atoms with van der Waals surface area (Å²) in [6.45, 7) is 3.99. The molecule has 4 atom stereocenters. The van der Waals surface area contributed by atoms with Gasteiger partial charge < -0.3 is 16.2 Å². The van der Waals surface area contributed by atoms with Crippen LogP contribution in [0.15, 0.2) is 0 Å². The fourth-order valence-corrected chi connectivity index (χ4v) is 1.42. The molecule has 4 N–H and O–H groups in total. The molecule has 1 aliphatic heterocycles. The molecule has 0 bridgehead atoms. The largest absolute Gasteiger partial charge is 0.372 e. The molecule has 0 aliphatic carbocycles. The molecule has 0 amide bonds. The van der Waals surface area contributed by atoms with Crippen LogP contribution >= 0.6 is 0 Å². The second kappa shape index (κ2) is 3.52. The lowest BCUT2D eigenvalue weighted by Crippen LogP contribution is -2.47. The molecule has 0 spiro atoms. The smallest absolute Gasteiger partial charge is 0.0728 e. The first-order chi connectivity index (χ1) is 5.11. The third-order valence-electron chi connectivity index (χ3n) is 2.36. The van der Waals surface area contributed by atoms with E-state index in [2.05, 4.69) is 0 Å². The second-order valence-electron chi connectivity index (χ2n) is 3.48. The van der Waals surface area contributed by atoms with E-state index in [0.717, 1.165) is 12.8 Å². The molecule has 1 saturated heterocycles. The van der Waals surface area contributed by atoms with Crippen molar-refractivity contribution in [2.24, 2.45) is 11.5 Å². The topological polar surface area (TPSA) is 61.3 Å². The van der Waals surface area contributed by atoms with Crippen LogP contribution in [-0.2, 0) is 4.74 Å². The summed E-state index contributed by atoms with van der Waals surface area (Å²) < 4.78 is 5.61. The average Bonchev–Trinajstić information content (AvgIpc) is 1.94. The highest BCUT2D eigenvalue weighted by Gasteiger charge is 2.27. The van der Waals surface area contributed by atoms with E-state index in [4.69, 9.17) is 16.2 Å². The van der Waals surface area contributed by atoms with Crippen LogP contribution in [0.4, 0.5) is 0 Å². The molecule has 0 saturated carbocycles. The Morgan fingerprint density at radius 2 is 2.09 bits per heavy atom. The number of hydrogen-bond donors (Lipinski definition) is 2. The summed E-state index contributed by atoms with van der Waals surface area (Å²) in [7, 11) is 0. The van der Waals surface area contributed by atoms with Gasteiger partial charge in [0.1, 0.15) is 0 Å². The van der Waals surface area contributed by atoms with Crippen molar-refractivity contribution in [1.82, 2.24) is 0 Å². The van der Waals surface area contributed by atoms with E-state index >= 15 is 0 Å². The lowest BCUT2D eigenvalue weighted by atomic mass is 9.97. The minimum Gasteiger partial charge on any atom is -0.372 e. The van der Waals surface area contributed by atoms with Crippen molar-refractivity contribution in [2.45, 2.75) is 51.0 Å². The SMILES string of the molecule is CC(N)C1CCC(N)[C@@H](C)O1. The van der Waals surface area contributed by atoms with Crippen molar-refractivity contribution in [2.75, 3.05) is 0 Å². The summed E-state index contributed by atoms with van der Waals surface area (Å²) >= 11 is 0. The van der Waals surface area contributed by atoms with Gasteiger partial charge in [-0.25, -0.2) is 0 Å². The van der Waals surface area contributed by atoms with Crippen LogP contribution in [0.2, 0.25) is 0 Å². The van der Waals surface area contributed by atoms with Crippen molar-refractivity contribution in [1.29, 1.82) is 0 Å². The van der Waals surface area contributed by atoms with Crippen molar-refractivity contribution in [3.8, 4) is 0 Å². The van der Waals surface area contributed by atoms with Crippen molar-refractivity contribution in [3.63, 3.8) is 0 Å². The molecule has 11 heavy (non-hydrogen) atoms. The summed E-state index contributed by atoms with van der Waals surface area (Å²) in [5.74, 6) is 0. The number of hydrogen-bond acceptors (Lipinski definition) is 3. The predicted molar refractivity (Wildman–Crippen MR) is 45.2 cm³/mol. The maximum absolute atomic E-state index is 5.77. The highest BCUT2D eigenvalue weighted by Crippen LogP contribution is 2.19. The molecular weight excluding hydrogens is 140 g/mol. The summed E-state index contributed by atoms with van der Waals surface area (Å²) in [5.41, 5.74) is 11.5. The minimum atomic E-state index is 0.130. The van der Waals surface area contributed by atoms with Gasteiger partial charge in [-0.3, -0.25) is 0 Å². The molecule has 1 heterocycles. The van der Waals surface area contributed by atoms with E-state index in [-0.39, 0.29) is 24.3 Å². The van der Waals surface area contributed by atoms with Gasteiger partial charge in [-0.1, -0.05) is 0 Å². The number of ether oxygens (including phenoxy) is 1. The van der Waals surface area contributed by atoms with Crippen LogP contribution < -0.4 is 11.5 Å². The molecular formula is C8H18N2O. The highest BCUT2D eigenvalue weighted by molar-refractivity contribution is 4.82. The monoisotopic (exact) mass is 158 g/mol. The van der Waals surface area contributed by atoms with E-state index in [0.29, 0.717) is 0 Å². The Bertz CT molecular complexity index is 127. The summed E-state index contributed by atoms with van der Waals surface area (Å²) in [6, 6.07) is 0.329. The summed E-state index contributed by atoms with van der Waals surface area (Å²) in [5, 5.41) is 0. The van der Waals surface area contributed by atoms with Crippen molar-refractivity contribution in [3.05, 3.63) is 0 Å². The zero-order chi connectivity index (χ0) is 8.43. The fraction of sp³-hybridized carbons (Fsp3) is 1.00. The lowest BCUT2D eigenvalue weighted by molar-refractivity contribution is -0.0594. The molecule has 66 valence electrons. The van der Waals surface area contributed by atoms with E-state index in [1.54, 1.807) is 0 Å². The molecule has 0 radical (unpaired) electrons. The summed E-state index contributed by atoms with van der Waals surface area (Å²) in [4.78, 5) is 0. The van der Waals surface area contributed by atoms with Gasteiger partial charge in [0.2, 0.25) is 0 Å². The van der Waals surface area contributed by atoms with Crippen LogP contribution in [0.25, 0.3) is 0 Å². The van der Waals surface area contributed by atoms with Gasteiger partial charge in [0, 0.05) is 12.1 Å². The van der Waals surface area contributed by atoms with E-state index in [1.165, 1.54) is 0 Å². The molecule has 0 aromatic heterocycles. The summed E-state index contributed by atoms with van der Waals surface area (Å²) in [6.07, 6.45) is 2.42. The maximum Gasteiger partial charge on any atom is 0.0728 e. The van der Waals surface area contributed by atoms with Crippen LogP contribution in [0.3, 0.4) is 0 Å². The molecule has 0 aromatic rings. The normalized spacial score (nSPS) is 42.0. The molecule has 3 heteroatoms. The molecule has 3 unspecified atom stereocenters. The van der Waals surface area contributed by atoms with Crippen molar-refractivity contribution < 1.29 is 4.74 Å². The molecule has 1 aliphatic rings. The predicted octanol–water partition coefficient (Wildman–Crippen LogP) is 0.228. The second-order valence-corrected chi connectivity index (χ2v) is 3.48. The maximum atomic E-state index is 5.77. The lowest BCUT2D eigenvalue weighted by Gasteiger charge is -2.34. The van der Waals surface area contributed by atoms with Gasteiger partial charge in [-0.2, -0.15) is 0 Å². The van der Waals surface area contributed by atoms with Gasteiger partial charge in [-0.05, 0) is 26.7 Å². The first-order valence-electron chi connectivity index (χ1n) is 4.28. The zero-order valence-corrected chi connectivity index (χ0v) is 7.29. The minimum absolute atomic E-state index is 0.130. The molecule has 3 nitrogen and oxygen atoms in total. The number of nitrogens with two attached hydrogens (primary N) is 2. The fourth-order valence-electron chi connectivity index (χ4n) is 1.42. The molecule has 0 aromatic carbocycles. The van der Waals surface area contributed by atoms with Crippen LogP contribution in [-0.4, -0.2) is 24.3 Å². The van der Waals surface area contributed by atoms with Gasteiger partial charge >= 0.3 is 0 Å². The Hall–Kier alpha value is -0.120. The van der Waals surface area contributed by atoms with Gasteiger partial charge in [0.05, 0.1) is 12.2 Å². The van der Waals surface area contributed by atoms with E-state index in [1.807, 2.05) is 13.8 Å². The Morgan fingerprint density at radius 1 is 1.45 bits per heavy atom. The highest BCUT2D eigenvalue weighted by atomic mass is 16.5. The van der Waals surface area contributed by atoms with Crippen LogP contribution in [0.5, 0.6) is 0 Å². The van der Waals surface area contributed by atoms with E-state index in [9.17, 15) is 0 Å². The Balaban J connectivity index is 2.40. The third-order valence-corrected chi connectivity index (χ3v) is 2.36.